The number of hydrogen-bond donors (Lipinski definition) is 1. The highest BCUT2D eigenvalue weighted by molar-refractivity contribution is 5.12. The second kappa shape index (κ2) is 0.548. The Morgan fingerprint density at radius 2 is 2.20 bits per heavy atom. The van der Waals surface area contributed by atoms with Crippen molar-refractivity contribution < 1.29 is 0 Å². The standard InChI is InChI=1S/C4H8N/c1-4(5)2-3-4/h2H,3,5H2,1H3. The molecule has 1 rings (SSSR count). The van der Waals surface area contributed by atoms with Gasteiger partial charge in [0.1, 0.15) is 0 Å². The highest BCUT2D eigenvalue weighted by Crippen LogP contribution is 2.28. The van der Waals surface area contributed by atoms with Crippen molar-refractivity contribution in [1.82, 2.24) is 0 Å². The van der Waals surface area contributed by atoms with Crippen LogP contribution in [-0.4, -0.2) is 5.54 Å². The maximum Gasteiger partial charge on any atom is 0.0161 e. The minimum absolute atomic E-state index is 0.125. The summed E-state index contributed by atoms with van der Waals surface area (Å²) < 4.78 is 0. The van der Waals surface area contributed by atoms with Gasteiger partial charge in [0.25, 0.3) is 0 Å². The van der Waals surface area contributed by atoms with Crippen molar-refractivity contribution in [3.63, 3.8) is 0 Å². The van der Waals surface area contributed by atoms with Crippen molar-refractivity contribution in [1.29, 1.82) is 0 Å². The molecule has 0 aliphatic heterocycles. The van der Waals surface area contributed by atoms with Gasteiger partial charge in [-0.2, -0.15) is 0 Å². The first-order valence-corrected chi connectivity index (χ1v) is 1.84. The predicted octanol–water partition coefficient (Wildman–Crippen LogP) is 0.312. The summed E-state index contributed by atoms with van der Waals surface area (Å²) in [6.45, 7) is 2.02. The molecule has 1 atom stereocenters. The largest absolute Gasteiger partial charge is 0.325 e. The Labute approximate surface area is 32.2 Å². The molecule has 1 heteroatoms. The Morgan fingerprint density at radius 3 is 2.20 bits per heavy atom. The molecule has 1 radical (unpaired) electrons. The van der Waals surface area contributed by atoms with Crippen molar-refractivity contribution in [2.45, 2.75) is 18.9 Å². The van der Waals surface area contributed by atoms with Gasteiger partial charge in [-0.25, -0.2) is 0 Å². The second-order valence-corrected chi connectivity index (χ2v) is 1.91. The molecule has 1 aliphatic carbocycles. The van der Waals surface area contributed by atoms with Crippen molar-refractivity contribution in [2.75, 3.05) is 0 Å². The summed E-state index contributed by atoms with van der Waals surface area (Å²) in [5, 5.41) is 0. The molecule has 0 aromatic carbocycles. The first-order valence-electron chi connectivity index (χ1n) is 1.84. The molecule has 1 nitrogen and oxygen atoms in total. The average Bonchev–Trinajstić information content (AvgIpc) is 1.76. The minimum atomic E-state index is 0.125. The molecule has 1 unspecified atom stereocenters. The van der Waals surface area contributed by atoms with E-state index in [4.69, 9.17) is 5.73 Å². The Morgan fingerprint density at radius 1 is 2.00 bits per heavy atom. The fraction of sp³-hybridized carbons (Fsp3) is 0.750. The normalized spacial score (nSPS) is 30.0. The molecule has 1 fully saturated rings. The van der Waals surface area contributed by atoms with Crippen LogP contribution in [0.3, 0.4) is 0 Å². The average molecular weight is 70.1 g/mol. The zero-order chi connectivity index (χ0) is 3.91. The van der Waals surface area contributed by atoms with Crippen LogP contribution in [0.5, 0.6) is 0 Å². The number of nitrogens with two attached hydrogens (primary N) is 1. The van der Waals surface area contributed by atoms with Gasteiger partial charge in [0.2, 0.25) is 0 Å². The summed E-state index contributed by atoms with van der Waals surface area (Å²) >= 11 is 0. The molecule has 2 N–H and O–H groups in total. The molecule has 0 bridgehead atoms. The van der Waals surface area contributed by atoms with Gasteiger partial charge < -0.3 is 5.73 Å². The van der Waals surface area contributed by atoms with Gasteiger partial charge in [0.15, 0.2) is 0 Å². The zero-order valence-electron chi connectivity index (χ0n) is 3.36. The van der Waals surface area contributed by atoms with E-state index in [0.29, 0.717) is 0 Å². The Kier molecular flexibility index (Phi) is 0.346. The van der Waals surface area contributed by atoms with E-state index in [1.54, 1.807) is 0 Å². The van der Waals surface area contributed by atoms with Crippen LogP contribution in [0.25, 0.3) is 0 Å². The van der Waals surface area contributed by atoms with E-state index >= 15 is 0 Å². The maximum absolute atomic E-state index is 5.41. The lowest BCUT2D eigenvalue weighted by Gasteiger charge is -1.88. The predicted molar refractivity (Wildman–Crippen MR) is 21.5 cm³/mol. The van der Waals surface area contributed by atoms with E-state index in [0.717, 1.165) is 6.42 Å². The van der Waals surface area contributed by atoms with E-state index in [1.165, 1.54) is 0 Å². The third-order valence-corrected chi connectivity index (χ3v) is 0.848. The van der Waals surface area contributed by atoms with Crippen molar-refractivity contribution >= 4 is 0 Å². The molecule has 1 saturated carbocycles. The summed E-state index contributed by atoms with van der Waals surface area (Å²) in [7, 11) is 0. The summed E-state index contributed by atoms with van der Waals surface area (Å²) in [5.74, 6) is 0. The summed E-state index contributed by atoms with van der Waals surface area (Å²) in [6.07, 6.45) is 3.19. The highest BCUT2D eigenvalue weighted by Gasteiger charge is 2.32. The lowest BCUT2D eigenvalue weighted by molar-refractivity contribution is 0.792. The van der Waals surface area contributed by atoms with E-state index < -0.39 is 0 Å². The van der Waals surface area contributed by atoms with E-state index in [2.05, 4.69) is 6.42 Å². The van der Waals surface area contributed by atoms with Crippen LogP contribution < -0.4 is 5.73 Å². The van der Waals surface area contributed by atoms with Gasteiger partial charge in [-0.05, 0) is 19.8 Å². The van der Waals surface area contributed by atoms with Crippen molar-refractivity contribution in [3.8, 4) is 0 Å². The van der Waals surface area contributed by atoms with Crippen LogP contribution in [0.1, 0.15) is 13.3 Å². The van der Waals surface area contributed by atoms with Crippen LogP contribution in [0.15, 0.2) is 0 Å². The summed E-state index contributed by atoms with van der Waals surface area (Å²) in [4.78, 5) is 0. The van der Waals surface area contributed by atoms with Crippen LogP contribution in [-0.2, 0) is 0 Å². The fourth-order valence-corrected chi connectivity index (χ4v) is 0.161. The molecule has 0 amide bonds. The molecule has 0 heterocycles. The SMILES string of the molecule is CC1(N)[CH]C1. The first kappa shape index (κ1) is 3.16. The molecule has 5 heavy (non-hydrogen) atoms. The summed E-state index contributed by atoms with van der Waals surface area (Å²) in [6, 6.07) is 0. The van der Waals surface area contributed by atoms with E-state index in [9.17, 15) is 0 Å². The molecule has 29 valence electrons. The quantitative estimate of drug-likeness (QED) is 0.436. The molecule has 0 spiro atoms. The topological polar surface area (TPSA) is 26.0 Å². The molecule has 1 aliphatic rings. The summed E-state index contributed by atoms with van der Waals surface area (Å²) in [5.41, 5.74) is 5.53. The molecule has 0 aromatic rings. The highest BCUT2D eigenvalue weighted by atomic mass is 14.8. The molecule has 0 aromatic heterocycles. The lowest BCUT2D eigenvalue weighted by Crippen LogP contribution is -2.14. The van der Waals surface area contributed by atoms with Gasteiger partial charge >= 0.3 is 0 Å². The number of rotatable bonds is 0. The van der Waals surface area contributed by atoms with Gasteiger partial charge in [0.05, 0.1) is 0 Å². The van der Waals surface area contributed by atoms with Crippen molar-refractivity contribution in [3.05, 3.63) is 6.42 Å². The van der Waals surface area contributed by atoms with Gasteiger partial charge in [0, 0.05) is 5.54 Å². The maximum atomic E-state index is 5.41. The lowest BCUT2D eigenvalue weighted by atomic mass is 10.4. The Bertz CT molecular complexity index is 41.6. The Balaban J connectivity index is 2.38. The van der Waals surface area contributed by atoms with Crippen LogP contribution >= 0.6 is 0 Å². The van der Waals surface area contributed by atoms with E-state index in [-0.39, 0.29) is 5.54 Å². The number of hydrogen-bond acceptors (Lipinski definition) is 1. The molecular weight excluding hydrogens is 62.1 g/mol. The zero-order valence-corrected chi connectivity index (χ0v) is 3.36. The van der Waals surface area contributed by atoms with Gasteiger partial charge in [-0.3, -0.25) is 0 Å². The van der Waals surface area contributed by atoms with Crippen molar-refractivity contribution in [2.24, 2.45) is 5.73 Å². The second-order valence-electron chi connectivity index (χ2n) is 1.91. The minimum Gasteiger partial charge on any atom is -0.325 e. The monoisotopic (exact) mass is 70.1 g/mol. The molecular formula is C4H8N. The third-order valence-electron chi connectivity index (χ3n) is 0.848. The van der Waals surface area contributed by atoms with Gasteiger partial charge in [-0.1, -0.05) is 0 Å². The van der Waals surface area contributed by atoms with E-state index in [1.807, 2.05) is 6.92 Å². The fourth-order valence-electron chi connectivity index (χ4n) is 0.161. The van der Waals surface area contributed by atoms with Crippen LogP contribution in [0.2, 0.25) is 0 Å². The Hall–Kier alpha value is -0.0400. The van der Waals surface area contributed by atoms with Crippen LogP contribution in [0, 0.1) is 6.42 Å². The smallest absolute Gasteiger partial charge is 0.0161 e. The first-order chi connectivity index (χ1) is 2.21. The third kappa shape index (κ3) is 0.618. The van der Waals surface area contributed by atoms with Crippen LogP contribution in [0.4, 0.5) is 0 Å². The molecule has 0 saturated heterocycles. The van der Waals surface area contributed by atoms with Gasteiger partial charge in [-0.15, -0.1) is 0 Å².